The number of alkyl halides is 2. The van der Waals surface area contributed by atoms with E-state index in [0.717, 1.165) is 108 Å². The van der Waals surface area contributed by atoms with Crippen molar-refractivity contribution < 1.29 is 33.0 Å². The summed E-state index contributed by atoms with van der Waals surface area (Å²) in [6, 6.07) is 6.12. The van der Waals surface area contributed by atoms with Crippen molar-refractivity contribution in [1.82, 2.24) is 15.3 Å². The Morgan fingerprint density at radius 3 is 2.51 bits per heavy atom. The molecule has 2 aliphatic heterocycles. The van der Waals surface area contributed by atoms with Crippen LogP contribution in [0.15, 0.2) is 24.4 Å². The summed E-state index contributed by atoms with van der Waals surface area (Å²) >= 11 is 0. The van der Waals surface area contributed by atoms with E-state index in [4.69, 9.17) is 9.47 Å². The lowest BCUT2D eigenvalue weighted by Gasteiger charge is -2.46. The molecule has 1 aromatic carbocycles. The standard InChI is InChI=1S/C38H48F2N4O5/c1-23-14-24-16-25(15-23)38(18-24,33(46)47)43-32(45)28-19-41-34(42-31(28)35(2,39)40)44-20-37(10-4-3-5-11-37)29-17-27(6-7-30(29)44)49-26-8-12-36(13-9-26)21-48-22-36/h6-7,17,19,23-26H,3-5,8-16,18,20-22H2,1-2H3,(H,43,45)(H,46,47). The van der Waals surface area contributed by atoms with Crippen molar-refractivity contribution in [1.29, 1.82) is 0 Å². The van der Waals surface area contributed by atoms with Gasteiger partial charge in [0.1, 0.15) is 17.0 Å². The van der Waals surface area contributed by atoms with Gasteiger partial charge in [0.05, 0.1) is 24.9 Å². The van der Waals surface area contributed by atoms with Crippen LogP contribution in [-0.4, -0.2) is 58.4 Å². The average molecular weight is 679 g/mol. The summed E-state index contributed by atoms with van der Waals surface area (Å²) in [5.74, 6) is -4.21. The van der Waals surface area contributed by atoms with Gasteiger partial charge in [-0.3, -0.25) is 4.79 Å². The smallest absolute Gasteiger partial charge is 0.329 e. The molecule has 5 fully saturated rings. The number of amides is 1. The SMILES string of the molecule is CC1CC2CC(C1)C(NC(=O)c1cnc(N3CC4(CCCCC4)c4cc(OC5CCC6(CC5)COC6)ccc43)nc1C(C)(F)F)(C(=O)O)C2. The molecule has 4 atom stereocenters. The summed E-state index contributed by atoms with van der Waals surface area (Å²) in [5.41, 5.74) is -0.370. The maximum atomic E-state index is 15.3. The molecule has 2 aromatic rings. The number of anilines is 2. The molecule has 11 heteroatoms. The van der Waals surface area contributed by atoms with Gasteiger partial charge in [-0.2, -0.15) is 8.78 Å². The van der Waals surface area contributed by atoms with Gasteiger partial charge in [-0.1, -0.05) is 26.2 Å². The number of carboxylic acid groups (broad SMARTS) is 1. The van der Waals surface area contributed by atoms with Gasteiger partial charge in [0.2, 0.25) is 5.95 Å². The fourth-order valence-electron chi connectivity index (χ4n) is 10.4. The highest BCUT2D eigenvalue weighted by molar-refractivity contribution is 5.99. The Labute approximate surface area is 286 Å². The van der Waals surface area contributed by atoms with Crippen LogP contribution in [0.3, 0.4) is 0 Å². The third kappa shape index (κ3) is 5.68. The maximum absolute atomic E-state index is 15.3. The zero-order valence-electron chi connectivity index (χ0n) is 28.6. The van der Waals surface area contributed by atoms with E-state index < -0.39 is 29.0 Å². The molecule has 4 unspecified atom stereocenters. The van der Waals surface area contributed by atoms with Crippen molar-refractivity contribution >= 4 is 23.5 Å². The Balaban J connectivity index is 1.08. The highest BCUT2D eigenvalue weighted by Crippen LogP contribution is 2.53. The van der Waals surface area contributed by atoms with Crippen molar-refractivity contribution in [2.75, 3.05) is 24.7 Å². The zero-order valence-corrected chi connectivity index (χ0v) is 28.6. The Morgan fingerprint density at radius 1 is 1.08 bits per heavy atom. The van der Waals surface area contributed by atoms with Crippen molar-refractivity contribution in [3.63, 3.8) is 0 Å². The van der Waals surface area contributed by atoms with Crippen LogP contribution in [0.25, 0.3) is 0 Å². The Kier molecular flexibility index (Phi) is 7.96. The van der Waals surface area contributed by atoms with Crippen LogP contribution < -0.4 is 15.0 Å². The van der Waals surface area contributed by atoms with E-state index in [0.29, 0.717) is 37.1 Å². The van der Waals surface area contributed by atoms with E-state index in [1.54, 1.807) is 0 Å². The first-order valence-electron chi connectivity index (χ1n) is 18.4. The number of aliphatic carboxylic acids is 1. The topological polar surface area (TPSA) is 114 Å². The number of carboxylic acids is 1. The molecule has 6 aliphatic rings. The van der Waals surface area contributed by atoms with Gasteiger partial charge in [0.15, 0.2) is 0 Å². The quantitative estimate of drug-likeness (QED) is 0.314. The van der Waals surface area contributed by atoms with Crippen LogP contribution in [0.5, 0.6) is 5.75 Å². The number of carbonyl (C=O) groups is 2. The average Bonchev–Trinajstić information content (AvgIpc) is 3.50. The second-order valence-electron chi connectivity index (χ2n) is 16.5. The summed E-state index contributed by atoms with van der Waals surface area (Å²) < 4.78 is 42.7. The normalized spacial score (nSPS) is 30.2. The predicted octanol–water partition coefficient (Wildman–Crippen LogP) is 7.29. The number of nitrogens with zero attached hydrogens (tertiary/aromatic N) is 3. The van der Waals surface area contributed by atoms with E-state index in [9.17, 15) is 14.7 Å². The number of halogens is 2. The molecule has 3 heterocycles. The molecule has 2 spiro atoms. The van der Waals surface area contributed by atoms with E-state index in [2.05, 4.69) is 28.3 Å². The minimum absolute atomic E-state index is 0.115. The van der Waals surface area contributed by atoms with E-state index in [-0.39, 0.29) is 34.9 Å². The molecule has 4 aliphatic carbocycles. The lowest BCUT2D eigenvalue weighted by atomic mass is 9.70. The van der Waals surface area contributed by atoms with Gasteiger partial charge >= 0.3 is 5.97 Å². The first-order chi connectivity index (χ1) is 23.4. The Hall–Kier alpha value is -3.34. The predicted molar refractivity (Wildman–Crippen MR) is 178 cm³/mol. The fourth-order valence-corrected chi connectivity index (χ4v) is 10.4. The first kappa shape index (κ1) is 32.8. The molecular formula is C38H48F2N4O5. The zero-order chi connectivity index (χ0) is 34.2. The summed E-state index contributed by atoms with van der Waals surface area (Å²) in [7, 11) is 0. The number of nitrogens with one attached hydrogen (secondary N) is 1. The van der Waals surface area contributed by atoms with E-state index >= 15 is 8.78 Å². The Bertz CT molecular complexity index is 1630. The lowest BCUT2D eigenvalue weighted by molar-refractivity contribution is -0.146. The number of aromatic nitrogens is 2. The van der Waals surface area contributed by atoms with Gasteiger partial charge in [-0.05, 0) is 106 Å². The third-order valence-corrected chi connectivity index (χ3v) is 13.0. The molecule has 2 bridgehead atoms. The number of hydrogen-bond donors (Lipinski definition) is 2. The summed E-state index contributed by atoms with van der Waals surface area (Å²) in [5, 5.41) is 13.1. The highest BCUT2D eigenvalue weighted by atomic mass is 19.3. The van der Waals surface area contributed by atoms with Crippen LogP contribution >= 0.6 is 0 Å². The van der Waals surface area contributed by atoms with Crippen LogP contribution in [0.1, 0.15) is 119 Å². The number of rotatable bonds is 7. The number of carbonyl (C=O) groups excluding carboxylic acids is 1. The van der Waals surface area contributed by atoms with Gasteiger partial charge < -0.3 is 24.8 Å². The van der Waals surface area contributed by atoms with Crippen LogP contribution in [0, 0.1) is 23.2 Å². The molecule has 1 saturated heterocycles. The van der Waals surface area contributed by atoms with Crippen molar-refractivity contribution in [3.8, 4) is 5.75 Å². The molecule has 49 heavy (non-hydrogen) atoms. The van der Waals surface area contributed by atoms with E-state index in [1.807, 2.05) is 17.0 Å². The summed E-state index contributed by atoms with van der Waals surface area (Å²) in [6.45, 7) is 5.10. The van der Waals surface area contributed by atoms with Gasteiger partial charge in [0, 0.05) is 36.2 Å². The highest BCUT2D eigenvalue weighted by Gasteiger charge is 2.56. The van der Waals surface area contributed by atoms with Gasteiger partial charge in [-0.25, -0.2) is 14.8 Å². The van der Waals surface area contributed by atoms with Crippen molar-refractivity contribution in [2.45, 2.75) is 120 Å². The minimum atomic E-state index is -3.46. The third-order valence-electron chi connectivity index (χ3n) is 13.0. The van der Waals surface area contributed by atoms with Crippen LogP contribution in [0.2, 0.25) is 0 Å². The second kappa shape index (κ2) is 11.9. The summed E-state index contributed by atoms with van der Waals surface area (Å²) in [4.78, 5) is 37.3. The number of fused-ring (bicyclic) bond motifs is 4. The molecule has 4 saturated carbocycles. The molecule has 0 radical (unpaired) electrons. The molecule has 9 nitrogen and oxygen atoms in total. The van der Waals surface area contributed by atoms with Gasteiger partial charge in [0.25, 0.3) is 11.8 Å². The molecule has 2 N–H and O–H groups in total. The van der Waals surface area contributed by atoms with Gasteiger partial charge in [-0.15, -0.1) is 0 Å². The second-order valence-corrected chi connectivity index (χ2v) is 16.5. The van der Waals surface area contributed by atoms with Crippen LogP contribution in [-0.2, 0) is 20.9 Å². The largest absolute Gasteiger partial charge is 0.490 e. The molecule has 1 aromatic heterocycles. The number of benzene rings is 1. The summed E-state index contributed by atoms with van der Waals surface area (Å²) in [6.07, 6.45) is 13.4. The maximum Gasteiger partial charge on any atom is 0.329 e. The molecule has 1 amide bonds. The van der Waals surface area contributed by atoms with Crippen molar-refractivity contribution in [3.05, 3.63) is 41.2 Å². The number of ether oxygens (including phenoxy) is 2. The molecule has 264 valence electrons. The number of hydrogen-bond acceptors (Lipinski definition) is 7. The lowest BCUT2D eigenvalue weighted by Crippen LogP contribution is -2.57. The molecule has 8 rings (SSSR count). The van der Waals surface area contributed by atoms with Crippen LogP contribution in [0.4, 0.5) is 20.4 Å². The molecular weight excluding hydrogens is 630 g/mol. The van der Waals surface area contributed by atoms with Crippen molar-refractivity contribution in [2.24, 2.45) is 23.2 Å². The Morgan fingerprint density at radius 2 is 1.84 bits per heavy atom. The monoisotopic (exact) mass is 678 g/mol. The fraction of sp³-hybridized carbons (Fsp3) is 0.684. The van der Waals surface area contributed by atoms with E-state index in [1.165, 1.54) is 0 Å². The minimum Gasteiger partial charge on any atom is -0.490 e. The first-order valence-corrected chi connectivity index (χ1v) is 18.4.